The highest BCUT2D eigenvalue weighted by Crippen LogP contribution is 2.35. The molecular formula is C21H29F3N2O3. The minimum atomic E-state index is -4.31. The number of primary amides is 1. The van der Waals surface area contributed by atoms with Crippen LogP contribution in [0.25, 0.3) is 0 Å². The van der Waals surface area contributed by atoms with Crippen LogP contribution in [0.5, 0.6) is 0 Å². The Kier molecular flexibility index (Phi) is 7.93. The van der Waals surface area contributed by atoms with Gasteiger partial charge in [0.05, 0.1) is 12.5 Å². The normalized spacial score (nSPS) is 16.2. The van der Waals surface area contributed by atoms with E-state index >= 15 is 0 Å². The minimum absolute atomic E-state index is 0.00903. The molecule has 1 saturated carbocycles. The average Bonchev–Trinajstić information content (AvgIpc) is 3.48. The standard InChI is InChI=1S/C21H29F3N2O3/c1-3-5-17(6-4-13-29-20(25)28)26(18-11-12-18)19(27)16-9-7-15(8-10-16)14(2)21(22,23)24/h7-10,14,17-18H,3-6,11-13H2,1-2H3,(H2,25,28). The summed E-state index contributed by atoms with van der Waals surface area (Å²) in [6.07, 6.45) is -0.328. The molecule has 1 fully saturated rings. The Morgan fingerprint density at radius 3 is 2.31 bits per heavy atom. The summed E-state index contributed by atoms with van der Waals surface area (Å²) in [6.45, 7) is 3.35. The van der Waals surface area contributed by atoms with Gasteiger partial charge in [-0.2, -0.15) is 13.2 Å². The summed E-state index contributed by atoms with van der Waals surface area (Å²) < 4.78 is 43.5. The van der Waals surface area contributed by atoms with Gasteiger partial charge in [0.1, 0.15) is 0 Å². The van der Waals surface area contributed by atoms with Crippen molar-refractivity contribution in [2.75, 3.05) is 6.61 Å². The molecule has 1 aliphatic rings. The molecule has 2 N–H and O–H groups in total. The lowest BCUT2D eigenvalue weighted by Crippen LogP contribution is -2.42. The highest BCUT2D eigenvalue weighted by atomic mass is 19.4. The van der Waals surface area contributed by atoms with E-state index < -0.39 is 18.2 Å². The highest BCUT2D eigenvalue weighted by molar-refractivity contribution is 5.95. The third-order valence-electron chi connectivity index (χ3n) is 5.26. The number of alkyl halides is 3. The maximum Gasteiger partial charge on any atom is 0.404 e. The first-order chi connectivity index (χ1) is 13.6. The molecule has 1 aromatic carbocycles. The first kappa shape index (κ1) is 23.0. The number of nitrogens with zero attached hydrogens (tertiary/aromatic N) is 1. The lowest BCUT2D eigenvalue weighted by Gasteiger charge is -2.32. The van der Waals surface area contributed by atoms with Crippen LogP contribution in [0.4, 0.5) is 18.0 Å². The lowest BCUT2D eigenvalue weighted by molar-refractivity contribution is -0.146. The zero-order chi connectivity index (χ0) is 21.6. The van der Waals surface area contributed by atoms with Crippen LogP contribution in [0, 0.1) is 0 Å². The van der Waals surface area contributed by atoms with Crippen molar-refractivity contribution in [2.24, 2.45) is 5.73 Å². The summed E-state index contributed by atoms with van der Waals surface area (Å²) in [5, 5.41) is 0. The third-order valence-corrected chi connectivity index (χ3v) is 5.26. The molecule has 2 atom stereocenters. The number of hydrogen-bond acceptors (Lipinski definition) is 3. The Bertz CT molecular complexity index is 687. The van der Waals surface area contributed by atoms with Crippen LogP contribution in [0.1, 0.15) is 74.2 Å². The van der Waals surface area contributed by atoms with Crippen LogP contribution in [-0.2, 0) is 4.74 Å². The molecule has 162 valence electrons. The van der Waals surface area contributed by atoms with Crippen molar-refractivity contribution >= 4 is 12.0 Å². The zero-order valence-corrected chi connectivity index (χ0v) is 16.9. The van der Waals surface area contributed by atoms with E-state index in [1.165, 1.54) is 24.3 Å². The Balaban J connectivity index is 2.11. The molecule has 1 aliphatic carbocycles. The number of rotatable bonds is 10. The van der Waals surface area contributed by atoms with Gasteiger partial charge >= 0.3 is 12.3 Å². The lowest BCUT2D eigenvalue weighted by atomic mass is 9.98. The van der Waals surface area contributed by atoms with Crippen molar-refractivity contribution in [3.63, 3.8) is 0 Å². The zero-order valence-electron chi connectivity index (χ0n) is 16.9. The maximum atomic E-state index is 13.2. The number of carbonyl (C=O) groups is 2. The topological polar surface area (TPSA) is 72.6 Å². The third kappa shape index (κ3) is 6.65. The van der Waals surface area contributed by atoms with Crippen LogP contribution in [-0.4, -0.2) is 41.8 Å². The number of carbonyl (C=O) groups excluding carboxylic acids is 2. The van der Waals surface area contributed by atoms with Crippen molar-refractivity contribution in [3.8, 4) is 0 Å². The smallest absolute Gasteiger partial charge is 0.404 e. The highest BCUT2D eigenvalue weighted by Gasteiger charge is 2.38. The van der Waals surface area contributed by atoms with Gasteiger partial charge < -0.3 is 15.4 Å². The van der Waals surface area contributed by atoms with Crippen molar-refractivity contribution in [3.05, 3.63) is 35.4 Å². The molecule has 0 spiro atoms. The van der Waals surface area contributed by atoms with Crippen LogP contribution < -0.4 is 5.73 Å². The number of ether oxygens (including phenoxy) is 1. The van der Waals surface area contributed by atoms with Crippen molar-refractivity contribution in [1.29, 1.82) is 0 Å². The van der Waals surface area contributed by atoms with Crippen molar-refractivity contribution < 1.29 is 27.5 Å². The summed E-state index contributed by atoms with van der Waals surface area (Å²) in [5.74, 6) is -1.74. The molecule has 0 heterocycles. The first-order valence-electron chi connectivity index (χ1n) is 10.1. The predicted octanol–water partition coefficient (Wildman–Crippen LogP) is 5.00. The molecule has 1 aromatic rings. The molecule has 0 bridgehead atoms. The van der Waals surface area contributed by atoms with Gasteiger partial charge in [-0.3, -0.25) is 4.79 Å². The van der Waals surface area contributed by atoms with E-state index in [0.717, 1.165) is 32.6 Å². The van der Waals surface area contributed by atoms with Gasteiger partial charge in [0.2, 0.25) is 0 Å². The van der Waals surface area contributed by atoms with Gasteiger partial charge in [0.15, 0.2) is 0 Å². The molecule has 0 radical (unpaired) electrons. The molecule has 2 rings (SSSR count). The second-order valence-corrected chi connectivity index (χ2v) is 7.58. The van der Waals surface area contributed by atoms with Gasteiger partial charge in [-0.1, -0.05) is 25.5 Å². The predicted molar refractivity (Wildman–Crippen MR) is 104 cm³/mol. The second-order valence-electron chi connectivity index (χ2n) is 7.58. The molecule has 0 aromatic heterocycles. The minimum Gasteiger partial charge on any atom is -0.450 e. The summed E-state index contributed by atoms with van der Waals surface area (Å²) in [7, 11) is 0. The van der Waals surface area contributed by atoms with Gasteiger partial charge in [-0.15, -0.1) is 0 Å². The van der Waals surface area contributed by atoms with E-state index in [0.29, 0.717) is 18.4 Å². The fourth-order valence-corrected chi connectivity index (χ4v) is 3.48. The molecule has 8 heteroatoms. The van der Waals surface area contributed by atoms with E-state index in [1.54, 1.807) is 0 Å². The fraction of sp³-hybridized carbons (Fsp3) is 0.619. The van der Waals surface area contributed by atoms with Gasteiger partial charge in [0.25, 0.3) is 5.91 Å². The Labute approximate surface area is 169 Å². The van der Waals surface area contributed by atoms with Crippen LogP contribution in [0.2, 0.25) is 0 Å². The molecule has 29 heavy (non-hydrogen) atoms. The van der Waals surface area contributed by atoms with E-state index in [4.69, 9.17) is 10.5 Å². The molecule has 5 nitrogen and oxygen atoms in total. The van der Waals surface area contributed by atoms with E-state index in [2.05, 4.69) is 0 Å². The quantitative estimate of drug-likeness (QED) is 0.548. The van der Waals surface area contributed by atoms with E-state index in [1.807, 2.05) is 11.8 Å². The first-order valence-corrected chi connectivity index (χ1v) is 10.1. The summed E-state index contributed by atoms with van der Waals surface area (Å²) in [5.41, 5.74) is 5.51. The van der Waals surface area contributed by atoms with Crippen molar-refractivity contribution in [2.45, 2.75) is 76.6 Å². The number of nitrogens with two attached hydrogens (primary N) is 1. The number of amides is 2. The monoisotopic (exact) mass is 414 g/mol. The molecule has 2 amide bonds. The fourth-order valence-electron chi connectivity index (χ4n) is 3.48. The Hall–Kier alpha value is -2.25. The summed E-state index contributed by atoms with van der Waals surface area (Å²) in [6, 6.07) is 5.87. The Morgan fingerprint density at radius 2 is 1.83 bits per heavy atom. The van der Waals surface area contributed by atoms with Gasteiger partial charge in [-0.05, 0) is 56.7 Å². The van der Waals surface area contributed by atoms with E-state index in [9.17, 15) is 22.8 Å². The van der Waals surface area contributed by atoms with Gasteiger partial charge in [0, 0.05) is 17.6 Å². The van der Waals surface area contributed by atoms with Crippen molar-refractivity contribution in [1.82, 2.24) is 4.90 Å². The molecule has 0 saturated heterocycles. The average molecular weight is 414 g/mol. The van der Waals surface area contributed by atoms with Crippen LogP contribution in [0.15, 0.2) is 24.3 Å². The van der Waals surface area contributed by atoms with Crippen LogP contribution >= 0.6 is 0 Å². The van der Waals surface area contributed by atoms with E-state index in [-0.39, 0.29) is 30.2 Å². The summed E-state index contributed by atoms with van der Waals surface area (Å²) in [4.78, 5) is 25.7. The second kappa shape index (κ2) is 9.98. The van der Waals surface area contributed by atoms with Crippen LogP contribution in [0.3, 0.4) is 0 Å². The number of halogens is 3. The number of hydrogen-bond donors (Lipinski definition) is 1. The maximum absolute atomic E-state index is 13.2. The molecular weight excluding hydrogens is 385 g/mol. The largest absolute Gasteiger partial charge is 0.450 e. The molecule has 0 aliphatic heterocycles. The molecule has 2 unspecified atom stereocenters. The van der Waals surface area contributed by atoms with Gasteiger partial charge in [-0.25, -0.2) is 4.79 Å². The number of benzene rings is 1. The Morgan fingerprint density at radius 1 is 1.21 bits per heavy atom. The summed E-state index contributed by atoms with van der Waals surface area (Å²) >= 11 is 0. The SMILES string of the molecule is CCCC(CCCOC(N)=O)N(C(=O)c1ccc(C(C)C(F)(F)F)cc1)C1CC1.